The third-order valence-electron chi connectivity index (χ3n) is 4.14. The molecule has 2 aromatic carbocycles. The Balaban J connectivity index is 1.62. The minimum atomic E-state index is 0.00428. The van der Waals surface area contributed by atoms with Crippen LogP contribution in [0.2, 0.25) is 0 Å². The van der Waals surface area contributed by atoms with Gasteiger partial charge in [0, 0.05) is 11.5 Å². The number of aryl methyl sites for hydroxylation is 1. The van der Waals surface area contributed by atoms with Crippen molar-refractivity contribution in [3.05, 3.63) is 64.1 Å². The largest absolute Gasteiger partial charge is 0.484 e. The summed E-state index contributed by atoms with van der Waals surface area (Å²) in [5.74, 6) is 0.710. The molecule has 0 N–H and O–H groups in total. The lowest BCUT2D eigenvalue weighted by molar-refractivity contribution is -0.134. The zero-order chi connectivity index (χ0) is 15.5. The van der Waals surface area contributed by atoms with E-state index < -0.39 is 0 Å². The fraction of sp³-hybridized carbons (Fsp3) is 0.278. The quantitative estimate of drug-likeness (QED) is 0.826. The van der Waals surface area contributed by atoms with Crippen LogP contribution in [0.15, 0.2) is 53.0 Å². The van der Waals surface area contributed by atoms with Gasteiger partial charge in [0.25, 0.3) is 5.91 Å². The summed E-state index contributed by atoms with van der Waals surface area (Å²) in [7, 11) is 1.86. The van der Waals surface area contributed by atoms with Gasteiger partial charge in [-0.3, -0.25) is 4.79 Å². The molecule has 0 fully saturated rings. The standard InChI is InChI=1S/C18H18BrNO2/c1-20(17-11-6-13-4-2-3-5-16(13)17)18(21)12-22-15-9-7-14(19)8-10-15/h2-5,7-10,17H,6,11-12H2,1H3/t17-/m0/s1. The molecule has 1 amide bonds. The van der Waals surface area contributed by atoms with Crippen molar-refractivity contribution in [2.75, 3.05) is 13.7 Å². The number of amides is 1. The van der Waals surface area contributed by atoms with Crippen LogP contribution in [0.5, 0.6) is 5.75 Å². The van der Waals surface area contributed by atoms with Crippen molar-refractivity contribution in [3.8, 4) is 5.75 Å². The molecule has 0 bridgehead atoms. The number of nitrogens with zero attached hydrogens (tertiary/aromatic N) is 1. The van der Waals surface area contributed by atoms with Crippen molar-refractivity contribution >= 4 is 21.8 Å². The van der Waals surface area contributed by atoms with Crippen LogP contribution in [-0.4, -0.2) is 24.5 Å². The maximum Gasteiger partial charge on any atom is 0.260 e. The van der Waals surface area contributed by atoms with E-state index in [9.17, 15) is 4.79 Å². The van der Waals surface area contributed by atoms with Gasteiger partial charge in [-0.1, -0.05) is 40.2 Å². The van der Waals surface area contributed by atoms with Crippen molar-refractivity contribution in [1.82, 2.24) is 4.90 Å². The molecule has 0 aliphatic heterocycles. The summed E-state index contributed by atoms with van der Waals surface area (Å²) in [5, 5.41) is 0. The van der Waals surface area contributed by atoms with Crippen LogP contribution in [0.4, 0.5) is 0 Å². The Bertz CT molecular complexity index is 669. The SMILES string of the molecule is CN(C(=O)COc1ccc(Br)cc1)[C@H]1CCc2ccccc21. The number of carbonyl (C=O) groups is 1. The van der Waals surface area contributed by atoms with Crippen LogP contribution < -0.4 is 4.74 Å². The first-order valence-electron chi connectivity index (χ1n) is 7.37. The number of benzene rings is 2. The molecule has 1 aliphatic carbocycles. The predicted octanol–water partition coefficient (Wildman–Crippen LogP) is 3.97. The summed E-state index contributed by atoms with van der Waals surface area (Å²) in [6.07, 6.45) is 2.02. The van der Waals surface area contributed by atoms with Crippen molar-refractivity contribution in [2.45, 2.75) is 18.9 Å². The van der Waals surface area contributed by atoms with Crippen molar-refractivity contribution in [3.63, 3.8) is 0 Å². The molecule has 114 valence electrons. The Morgan fingerprint density at radius 2 is 1.95 bits per heavy atom. The first-order valence-corrected chi connectivity index (χ1v) is 8.16. The van der Waals surface area contributed by atoms with E-state index in [0.29, 0.717) is 5.75 Å². The maximum atomic E-state index is 12.4. The zero-order valence-corrected chi connectivity index (χ0v) is 14.0. The lowest BCUT2D eigenvalue weighted by Gasteiger charge is -2.25. The van der Waals surface area contributed by atoms with Gasteiger partial charge in [-0.2, -0.15) is 0 Å². The van der Waals surface area contributed by atoms with E-state index in [2.05, 4.69) is 34.1 Å². The van der Waals surface area contributed by atoms with Crippen LogP contribution >= 0.6 is 15.9 Å². The van der Waals surface area contributed by atoms with Crippen LogP contribution in [0.25, 0.3) is 0 Å². The number of halogens is 1. The van der Waals surface area contributed by atoms with Crippen LogP contribution in [0.1, 0.15) is 23.6 Å². The van der Waals surface area contributed by atoms with Gasteiger partial charge in [-0.25, -0.2) is 0 Å². The highest BCUT2D eigenvalue weighted by molar-refractivity contribution is 9.10. The van der Waals surface area contributed by atoms with Gasteiger partial charge in [0.05, 0.1) is 6.04 Å². The van der Waals surface area contributed by atoms with Gasteiger partial charge >= 0.3 is 0 Å². The Morgan fingerprint density at radius 3 is 2.73 bits per heavy atom. The van der Waals surface area contributed by atoms with E-state index in [1.54, 1.807) is 0 Å². The molecular formula is C18H18BrNO2. The molecule has 0 heterocycles. The van der Waals surface area contributed by atoms with Crippen molar-refractivity contribution in [1.29, 1.82) is 0 Å². The molecule has 0 saturated carbocycles. The van der Waals surface area contributed by atoms with E-state index >= 15 is 0 Å². The Morgan fingerprint density at radius 1 is 1.23 bits per heavy atom. The molecular weight excluding hydrogens is 342 g/mol. The highest BCUT2D eigenvalue weighted by Gasteiger charge is 2.28. The summed E-state index contributed by atoms with van der Waals surface area (Å²) >= 11 is 3.38. The molecule has 3 rings (SSSR count). The van der Waals surface area contributed by atoms with E-state index in [1.807, 2.05) is 42.3 Å². The molecule has 3 nitrogen and oxygen atoms in total. The predicted molar refractivity (Wildman–Crippen MR) is 89.9 cm³/mol. The topological polar surface area (TPSA) is 29.5 Å². The second-order valence-electron chi connectivity index (χ2n) is 5.50. The van der Waals surface area contributed by atoms with E-state index in [-0.39, 0.29) is 18.6 Å². The molecule has 4 heteroatoms. The second-order valence-corrected chi connectivity index (χ2v) is 6.42. The van der Waals surface area contributed by atoms with Crippen LogP contribution in [0, 0.1) is 0 Å². The van der Waals surface area contributed by atoms with Gasteiger partial charge < -0.3 is 9.64 Å². The number of ether oxygens (including phenoxy) is 1. The summed E-state index contributed by atoms with van der Waals surface area (Å²) in [4.78, 5) is 14.2. The number of carbonyl (C=O) groups excluding carboxylic acids is 1. The number of hydrogen-bond donors (Lipinski definition) is 0. The van der Waals surface area contributed by atoms with E-state index in [1.165, 1.54) is 11.1 Å². The number of likely N-dealkylation sites (N-methyl/N-ethyl adjacent to an activating group) is 1. The number of hydrogen-bond acceptors (Lipinski definition) is 2. The van der Waals surface area contributed by atoms with Gasteiger partial charge in [0.15, 0.2) is 6.61 Å². The number of fused-ring (bicyclic) bond motifs is 1. The lowest BCUT2D eigenvalue weighted by Crippen LogP contribution is -2.34. The maximum absolute atomic E-state index is 12.4. The molecule has 0 spiro atoms. The minimum Gasteiger partial charge on any atom is -0.484 e. The average Bonchev–Trinajstić information content (AvgIpc) is 2.97. The molecule has 1 atom stereocenters. The van der Waals surface area contributed by atoms with E-state index in [4.69, 9.17) is 4.74 Å². The summed E-state index contributed by atoms with van der Waals surface area (Å²) in [5.41, 5.74) is 2.61. The number of rotatable bonds is 4. The molecule has 0 saturated heterocycles. The monoisotopic (exact) mass is 359 g/mol. The fourth-order valence-corrected chi connectivity index (χ4v) is 3.15. The molecule has 22 heavy (non-hydrogen) atoms. The lowest BCUT2D eigenvalue weighted by atomic mass is 10.1. The third-order valence-corrected chi connectivity index (χ3v) is 4.67. The summed E-state index contributed by atoms with van der Waals surface area (Å²) < 4.78 is 6.57. The highest BCUT2D eigenvalue weighted by Crippen LogP contribution is 2.34. The molecule has 1 aliphatic rings. The van der Waals surface area contributed by atoms with Crippen LogP contribution in [-0.2, 0) is 11.2 Å². The molecule has 0 unspecified atom stereocenters. The van der Waals surface area contributed by atoms with Gasteiger partial charge in [-0.05, 0) is 48.2 Å². The fourth-order valence-electron chi connectivity index (χ4n) is 2.89. The Hall–Kier alpha value is -1.81. The van der Waals surface area contributed by atoms with E-state index in [0.717, 1.165) is 17.3 Å². The third kappa shape index (κ3) is 3.17. The Kier molecular flexibility index (Phi) is 4.48. The summed E-state index contributed by atoms with van der Waals surface area (Å²) in [6.45, 7) is 0.0663. The second kappa shape index (κ2) is 6.53. The smallest absolute Gasteiger partial charge is 0.260 e. The molecule has 2 aromatic rings. The van der Waals surface area contributed by atoms with Crippen molar-refractivity contribution < 1.29 is 9.53 Å². The first kappa shape index (κ1) is 15.1. The van der Waals surface area contributed by atoms with Crippen LogP contribution in [0.3, 0.4) is 0 Å². The normalized spacial score (nSPS) is 16.2. The molecule has 0 aromatic heterocycles. The molecule has 0 radical (unpaired) electrons. The summed E-state index contributed by atoms with van der Waals surface area (Å²) in [6, 6.07) is 16.0. The highest BCUT2D eigenvalue weighted by atomic mass is 79.9. The Labute approximate surface area is 139 Å². The van der Waals surface area contributed by atoms with Gasteiger partial charge in [0.2, 0.25) is 0 Å². The van der Waals surface area contributed by atoms with Gasteiger partial charge in [-0.15, -0.1) is 0 Å². The van der Waals surface area contributed by atoms with Crippen molar-refractivity contribution in [2.24, 2.45) is 0 Å². The first-order chi connectivity index (χ1) is 10.6. The minimum absolute atomic E-state index is 0.00428. The average molecular weight is 360 g/mol. The van der Waals surface area contributed by atoms with Gasteiger partial charge in [0.1, 0.15) is 5.75 Å². The zero-order valence-electron chi connectivity index (χ0n) is 12.5.